The highest BCUT2D eigenvalue weighted by Gasteiger charge is 2.64. The fraction of sp³-hybridized carbons (Fsp3) is 0.793. The molecule has 0 unspecified atom stereocenters. The number of esters is 2. The lowest BCUT2D eigenvalue weighted by Gasteiger charge is -2.57. The van der Waals surface area contributed by atoms with Crippen molar-refractivity contribution < 1.29 is 56.6 Å². The van der Waals surface area contributed by atoms with Gasteiger partial charge in [0.05, 0.1) is 24.4 Å². The van der Waals surface area contributed by atoms with Crippen molar-refractivity contribution in [3.8, 4) is 0 Å². The molecule has 3 aliphatic heterocycles. The third kappa shape index (κ3) is 14.5. The van der Waals surface area contributed by atoms with E-state index >= 15 is 0 Å². The molecule has 3 rings (SSSR count). The van der Waals surface area contributed by atoms with E-state index in [9.17, 15) is 29.4 Å². The number of ketones is 2. The SMILES string of the molecule is CC[C@@H]1[C@@H](C)O[Si](C(C)(C)C)(C(C)(C)C)O[C@@H]1CC(=O)[C@@H](C)[C@H](O)[C@H](C)[C@H]1OC(=O)/C=C/C=C/[C@H](C)[C@@H]([C@@H](C)[C@@H](O)[C@H](C)C(=O)C[C@H]2O[Si](C(C)(C)C)(C(C)(C)C)O[C@H](C)[C@H]2CC)OC(=O)/C=C/C=C/[C@@H]1C. The van der Waals surface area contributed by atoms with Gasteiger partial charge in [-0.1, -0.05) is 175 Å². The van der Waals surface area contributed by atoms with E-state index in [0.717, 1.165) is 12.8 Å². The van der Waals surface area contributed by atoms with Gasteiger partial charge in [0.1, 0.15) is 23.8 Å². The molecule has 0 amide bonds. The number of aliphatic hydroxyl groups is 2. The molecule has 0 aromatic rings. The number of hydrogen-bond donors (Lipinski definition) is 2. The van der Waals surface area contributed by atoms with E-state index < -0.39 is 89.0 Å². The van der Waals surface area contributed by atoms with Gasteiger partial charge in [0.15, 0.2) is 0 Å². The van der Waals surface area contributed by atoms with Gasteiger partial charge in [-0.05, 0) is 26.7 Å². The van der Waals surface area contributed by atoms with Gasteiger partial charge in [0.25, 0.3) is 0 Å². The molecule has 14 heteroatoms. The van der Waals surface area contributed by atoms with Crippen molar-refractivity contribution in [2.45, 2.75) is 247 Å². The van der Waals surface area contributed by atoms with Crippen LogP contribution in [-0.2, 0) is 46.4 Å². The number of rotatable bonds is 14. The average molecular weight is 1050 g/mol. The van der Waals surface area contributed by atoms with Crippen LogP contribution in [-0.4, -0.2) is 99.7 Å². The van der Waals surface area contributed by atoms with Crippen LogP contribution in [0.5, 0.6) is 0 Å². The molecule has 0 bridgehead atoms. The molecule has 0 aliphatic carbocycles. The summed E-state index contributed by atoms with van der Waals surface area (Å²) in [7, 11) is -5.82. The minimum atomic E-state index is -2.91. The molecule has 412 valence electrons. The first kappa shape index (κ1) is 63.7. The molecule has 0 radical (unpaired) electrons. The van der Waals surface area contributed by atoms with E-state index in [-0.39, 0.29) is 80.8 Å². The van der Waals surface area contributed by atoms with E-state index in [2.05, 4.69) is 111 Å². The van der Waals surface area contributed by atoms with Crippen LogP contribution in [0.1, 0.15) is 178 Å². The van der Waals surface area contributed by atoms with Crippen LogP contribution in [0.4, 0.5) is 0 Å². The van der Waals surface area contributed by atoms with Crippen molar-refractivity contribution in [2.24, 2.45) is 47.3 Å². The van der Waals surface area contributed by atoms with Gasteiger partial charge in [0.2, 0.25) is 0 Å². The first-order chi connectivity index (χ1) is 32.9. The summed E-state index contributed by atoms with van der Waals surface area (Å²) in [5.74, 6) is -5.31. The Hall–Kier alpha value is -2.57. The van der Waals surface area contributed by atoms with E-state index in [1.165, 1.54) is 24.3 Å². The van der Waals surface area contributed by atoms with Gasteiger partial charge in [-0.3, -0.25) is 9.59 Å². The molecule has 72 heavy (non-hydrogen) atoms. The summed E-state index contributed by atoms with van der Waals surface area (Å²) in [6.07, 6.45) is 9.42. The molecule has 0 aromatic heterocycles. The summed E-state index contributed by atoms with van der Waals surface area (Å²) in [4.78, 5) is 55.4. The molecular formula is C58H100O12Si2. The zero-order chi connectivity index (χ0) is 55.3. The standard InChI is InChI=1S/C58H100O12Si2/c1-23-43-41(9)67-71(55(11,12)13,56(14,15)16)69-47(43)33-45(59)37(5)51(63)39(7)53-35(3)29-25-27-32-50(62)66-54(36(4)30-26-28-31-49(61)65-53)40(8)52(64)38(6)46(60)34-48-44(24-2)42(10)68-72(70-48,57(17,18)19)58(20,21)22/h25-32,35-44,47-48,51-54,63-64H,23-24,33-34H2,1-22H3/b29-25+,30-26+,31-28+,32-27+/t35-,36-,37+,38+,39-,40-,41+,42+,43+,44+,47+,48+,51-,52-,53-,54-/m0/s1. The third-order valence-corrected chi connectivity index (χ3v) is 27.0. The van der Waals surface area contributed by atoms with Crippen LogP contribution < -0.4 is 0 Å². The number of aliphatic hydroxyl groups excluding tert-OH is 2. The second-order valence-electron chi connectivity index (χ2n) is 26.0. The highest BCUT2D eigenvalue weighted by Crippen LogP contribution is 2.58. The Balaban J connectivity index is 1.82. The van der Waals surface area contributed by atoms with Crippen molar-refractivity contribution in [1.82, 2.24) is 0 Å². The lowest BCUT2D eigenvalue weighted by atomic mass is 9.80. The lowest BCUT2D eigenvalue weighted by Crippen LogP contribution is -2.65. The summed E-state index contributed by atoms with van der Waals surface area (Å²) in [5.41, 5.74) is 0. The van der Waals surface area contributed by atoms with E-state index in [4.69, 9.17) is 27.2 Å². The van der Waals surface area contributed by atoms with Crippen LogP contribution in [0.3, 0.4) is 0 Å². The Bertz CT molecular complexity index is 1780. The highest BCUT2D eigenvalue weighted by molar-refractivity contribution is 6.74. The molecule has 2 N–H and O–H groups in total. The number of cyclic esters (lactones) is 2. The Morgan fingerprint density at radius 2 is 0.819 bits per heavy atom. The monoisotopic (exact) mass is 1040 g/mol. The average Bonchev–Trinajstić information content (AvgIpc) is 3.26. The topological polar surface area (TPSA) is 164 Å². The molecular weight excluding hydrogens is 945 g/mol. The molecule has 0 saturated carbocycles. The number of carbonyl (C=O) groups is 4. The van der Waals surface area contributed by atoms with E-state index in [1.54, 1.807) is 52.0 Å². The van der Waals surface area contributed by atoms with Gasteiger partial charge in [-0.2, -0.15) is 0 Å². The van der Waals surface area contributed by atoms with Crippen LogP contribution in [0.2, 0.25) is 20.2 Å². The van der Waals surface area contributed by atoms with Crippen molar-refractivity contribution >= 4 is 40.6 Å². The van der Waals surface area contributed by atoms with Crippen LogP contribution in [0.25, 0.3) is 0 Å². The Labute approximate surface area is 438 Å². The quantitative estimate of drug-likeness (QED) is 0.125. The maximum absolute atomic E-state index is 14.2. The van der Waals surface area contributed by atoms with Gasteiger partial charge >= 0.3 is 29.1 Å². The van der Waals surface area contributed by atoms with Crippen LogP contribution in [0.15, 0.2) is 48.6 Å². The van der Waals surface area contributed by atoms with Crippen molar-refractivity contribution in [3.63, 3.8) is 0 Å². The minimum absolute atomic E-state index is 0.00116. The first-order valence-corrected chi connectivity index (χ1v) is 30.8. The van der Waals surface area contributed by atoms with Gasteiger partial charge in [0, 0.05) is 105 Å². The van der Waals surface area contributed by atoms with Gasteiger partial charge < -0.3 is 37.4 Å². The Kier molecular flexibility index (Phi) is 22.2. The molecule has 0 aromatic carbocycles. The number of allylic oxidation sites excluding steroid dienone is 4. The number of Topliss-reactive ketones (excluding diaryl/α,β-unsaturated/α-hetero) is 2. The predicted octanol–water partition coefficient (Wildman–Crippen LogP) is 12.3. The normalized spacial score (nSPS) is 33.4. The Morgan fingerprint density at radius 3 is 1.08 bits per heavy atom. The van der Waals surface area contributed by atoms with E-state index in [0.29, 0.717) is 0 Å². The smallest absolute Gasteiger partial charge is 0.349 e. The summed E-state index contributed by atoms with van der Waals surface area (Å²) < 4.78 is 40.0. The maximum Gasteiger partial charge on any atom is 0.349 e. The molecule has 3 heterocycles. The van der Waals surface area contributed by atoms with Crippen molar-refractivity contribution in [1.29, 1.82) is 0 Å². The van der Waals surface area contributed by atoms with Crippen LogP contribution >= 0.6 is 0 Å². The molecule has 12 nitrogen and oxygen atoms in total. The fourth-order valence-corrected chi connectivity index (χ4v) is 22.6. The zero-order valence-electron chi connectivity index (χ0n) is 48.7. The minimum Gasteiger partial charge on any atom is -0.458 e. The summed E-state index contributed by atoms with van der Waals surface area (Å²) in [6, 6.07) is 0. The largest absolute Gasteiger partial charge is 0.458 e. The maximum atomic E-state index is 14.2. The van der Waals surface area contributed by atoms with Crippen molar-refractivity contribution in [3.05, 3.63) is 48.6 Å². The molecule has 0 spiro atoms. The van der Waals surface area contributed by atoms with Gasteiger partial charge in [-0.15, -0.1) is 0 Å². The van der Waals surface area contributed by atoms with Gasteiger partial charge in [-0.25, -0.2) is 9.59 Å². The van der Waals surface area contributed by atoms with E-state index in [1.807, 2.05) is 13.8 Å². The first-order valence-electron chi connectivity index (χ1n) is 27.2. The second-order valence-corrected chi connectivity index (χ2v) is 35.4. The lowest BCUT2D eigenvalue weighted by molar-refractivity contribution is -0.153. The summed E-state index contributed by atoms with van der Waals surface area (Å²) >= 11 is 0. The zero-order valence-corrected chi connectivity index (χ0v) is 50.7. The van der Waals surface area contributed by atoms with Crippen molar-refractivity contribution in [2.75, 3.05) is 0 Å². The molecule has 2 fully saturated rings. The molecule has 3 aliphatic rings. The third-order valence-electron chi connectivity index (χ3n) is 16.4. The summed E-state index contributed by atoms with van der Waals surface area (Å²) in [6.45, 7) is 44.9. The number of ether oxygens (including phenoxy) is 2. The second kappa shape index (κ2) is 25.1. The van der Waals surface area contributed by atoms with Crippen LogP contribution in [0, 0.1) is 47.3 Å². The number of hydrogen-bond acceptors (Lipinski definition) is 12. The summed E-state index contributed by atoms with van der Waals surface area (Å²) in [5, 5.41) is 22.7. The highest BCUT2D eigenvalue weighted by atomic mass is 28.4. The predicted molar refractivity (Wildman–Crippen MR) is 291 cm³/mol. The Morgan fingerprint density at radius 1 is 0.528 bits per heavy atom. The molecule has 2 saturated heterocycles. The molecule has 16 atom stereocenters. The fourth-order valence-electron chi connectivity index (χ4n) is 12.3. The number of carbonyl (C=O) groups excluding carboxylic acids is 4.